The van der Waals surface area contributed by atoms with Gasteiger partial charge in [-0.05, 0) is 0 Å². The van der Waals surface area contributed by atoms with Gasteiger partial charge in [0.1, 0.15) is 0 Å². The Balaban J connectivity index is 4.31. The summed E-state index contributed by atoms with van der Waals surface area (Å²) in [5.41, 5.74) is 0. The summed E-state index contributed by atoms with van der Waals surface area (Å²) in [6.07, 6.45) is -9.74. The predicted molar refractivity (Wildman–Crippen MR) is 42.5 cm³/mol. The Morgan fingerprint density at radius 1 is 0.882 bits per heavy atom. The molecule has 0 aromatic heterocycles. The third kappa shape index (κ3) is 12.1. The van der Waals surface area contributed by atoms with Crippen molar-refractivity contribution in [1.82, 2.24) is 0 Å². The van der Waals surface area contributed by atoms with Crippen molar-refractivity contribution in [3.8, 4) is 0 Å². The average molecular weight is 312 g/mol. The van der Waals surface area contributed by atoms with Gasteiger partial charge in [0.2, 0.25) is 0 Å². The molecule has 0 saturated heterocycles. The van der Waals surface area contributed by atoms with Gasteiger partial charge in [-0.2, -0.15) is 26.3 Å². The van der Waals surface area contributed by atoms with Crippen molar-refractivity contribution in [2.45, 2.75) is 12.4 Å². The molecule has 13 heteroatoms. The highest BCUT2D eigenvalue weighted by molar-refractivity contribution is 7.53. The van der Waals surface area contributed by atoms with Crippen LogP contribution in [0.4, 0.5) is 34.7 Å². The van der Waals surface area contributed by atoms with E-state index in [4.69, 9.17) is 0 Å². The number of alkyl halides is 6. The second-order valence-corrected chi connectivity index (χ2v) is 4.46. The zero-order valence-corrected chi connectivity index (χ0v) is 9.38. The van der Waals surface area contributed by atoms with Gasteiger partial charge in [-0.1, -0.05) is 0 Å². The summed E-state index contributed by atoms with van der Waals surface area (Å²) in [4.78, 5) is 0. The van der Waals surface area contributed by atoms with E-state index >= 15 is 0 Å². The van der Waals surface area contributed by atoms with E-state index in [1.807, 2.05) is 0 Å². The molecule has 0 aliphatic rings. The molecule has 0 rings (SSSR count). The Morgan fingerprint density at radius 3 is 1.47 bits per heavy atom. The van der Waals surface area contributed by atoms with Crippen LogP contribution < -0.4 is 0 Å². The molecule has 3 nitrogen and oxygen atoms in total. The third-order valence-corrected chi connectivity index (χ3v) is 2.64. The highest BCUT2D eigenvalue weighted by atomic mass is 31.2. The molecule has 0 aliphatic heterocycles. The zero-order chi connectivity index (χ0) is 13.7. The number of rotatable bonds is 5. The van der Waals surface area contributed by atoms with Crippen LogP contribution in [0.2, 0.25) is 0 Å². The van der Waals surface area contributed by atoms with Crippen LogP contribution in [-0.4, -0.2) is 25.6 Å². The van der Waals surface area contributed by atoms with Crippen LogP contribution in [0, 0.1) is 0 Å². The standard InChI is InChI=1S/C4H4F8NO2P2/c5-3(6,7)1-14-17(13-16(11)12)15-2-4(8,9)10/h1-2H2/q+1. The Labute approximate surface area is 91.8 Å². The first-order chi connectivity index (χ1) is 7.49. The first-order valence-corrected chi connectivity index (χ1v) is 5.73. The molecular formula is C4H4F8NO2P2+. The summed E-state index contributed by atoms with van der Waals surface area (Å²) >= 11 is 0. The minimum atomic E-state index is -4.87. The topological polar surface area (TPSA) is 30.8 Å². The molecule has 0 fully saturated rings. The van der Waals surface area contributed by atoms with Crippen molar-refractivity contribution in [2.24, 2.45) is 4.52 Å². The molecule has 102 valence electrons. The summed E-state index contributed by atoms with van der Waals surface area (Å²) in [6, 6.07) is 0. The van der Waals surface area contributed by atoms with E-state index < -0.39 is 42.4 Å². The zero-order valence-electron chi connectivity index (χ0n) is 7.60. The molecule has 0 spiro atoms. The minimum absolute atomic E-state index is 2.01. The maximum atomic E-state index is 11.7. The normalized spacial score (nSPS) is 13.0. The van der Waals surface area contributed by atoms with Crippen LogP contribution in [0.5, 0.6) is 0 Å². The molecule has 0 amide bonds. The van der Waals surface area contributed by atoms with Crippen molar-refractivity contribution in [3.63, 3.8) is 0 Å². The molecule has 0 saturated carbocycles. The van der Waals surface area contributed by atoms with E-state index in [0.29, 0.717) is 0 Å². The van der Waals surface area contributed by atoms with Gasteiger partial charge >= 0.3 is 29.2 Å². The Hall–Kier alpha value is -0.110. The number of hydrogen-bond acceptors (Lipinski definition) is 3. The van der Waals surface area contributed by atoms with E-state index in [1.54, 1.807) is 0 Å². The molecule has 0 aromatic carbocycles. The fourth-order valence-electron chi connectivity index (χ4n) is 0.401. The highest BCUT2D eigenvalue weighted by Crippen LogP contribution is 2.50. The van der Waals surface area contributed by atoms with E-state index in [0.717, 1.165) is 0 Å². The predicted octanol–water partition coefficient (Wildman–Crippen LogP) is 4.81. The van der Waals surface area contributed by atoms with Gasteiger partial charge in [-0.3, -0.25) is 0 Å². The quantitative estimate of drug-likeness (QED) is 0.539. The molecule has 0 aromatic rings. The van der Waals surface area contributed by atoms with Gasteiger partial charge in [-0.25, -0.2) is 0 Å². The summed E-state index contributed by atoms with van der Waals surface area (Å²) in [7, 11) is -7.33. The summed E-state index contributed by atoms with van der Waals surface area (Å²) < 4.78 is 103. The molecule has 0 heterocycles. The average Bonchev–Trinajstić information content (AvgIpc) is 2.06. The van der Waals surface area contributed by atoms with Crippen LogP contribution in [0.1, 0.15) is 0 Å². The molecule has 0 atom stereocenters. The van der Waals surface area contributed by atoms with Crippen molar-refractivity contribution >= 4 is 16.9 Å². The largest absolute Gasteiger partial charge is 0.666 e. The van der Waals surface area contributed by atoms with E-state index in [2.05, 4.69) is 13.6 Å². The van der Waals surface area contributed by atoms with Crippen molar-refractivity contribution in [3.05, 3.63) is 0 Å². The van der Waals surface area contributed by atoms with Crippen LogP contribution >= 0.6 is 16.9 Å². The molecular weight excluding hydrogens is 308 g/mol. The van der Waals surface area contributed by atoms with Crippen LogP contribution in [0.25, 0.3) is 0 Å². The van der Waals surface area contributed by atoms with Crippen molar-refractivity contribution in [2.75, 3.05) is 13.2 Å². The van der Waals surface area contributed by atoms with Crippen molar-refractivity contribution < 1.29 is 43.8 Å². The second-order valence-electron chi connectivity index (χ2n) is 2.32. The van der Waals surface area contributed by atoms with E-state index in [-0.39, 0.29) is 0 Å². The number of hydrogen-bond donors (Lipinski definition) is 0. The Bertz CT molecular complexity index is 243. The smallest absolute Gasteiger partial charge is 0.304 e. The molecule has 17 heavy (non-hydrogen) atoms. The fourth-order valence-corrected chi connectivity index (χ4v) is 1.84. The summed E-state index contributed by atoms with van der Waals surface area (Å²) in [6.45, 7) is -4.02. The van der Waals surface area contributed by atoms with E-state index in [1.165, 1.54) is 0 Å². The first kappa shape index (κ1) is 16.9. The van der Waals surface area contributed by atoms with Gasteiger partial charge in [0.15, 0.2) is 13.2 Å². The van der Waals surface area contributed by atoms with Gasteiger partial charge < -0.3 is 9.05 Å². The van der Waals surface area contributed by atoms with Crippen molar-refractivity contribution in [1.29, 1.82) is 0 Å². The van der Waals surface area contributed by atoms with Gasteiger partial charge in [0, 0.05) is 4.52 Å². The monoisotopic (exact) mass is 312 g/mol. The SMILES string of the molecule is F[P+](F)=NP(OCC(F)(F)F)OCC(F)(F)F. The van der Waals surface area contributed by atoms with Crippen LogP contribution in [0.15, 0.2) is 4.52 Å². The third-order valence-electron chi connectivity index (χ3n) is 0.818. The summed E-state index contributed by atoms with van der Waals surface area (Å²) in [5.74, 6) is 0. The second kappa shape index (κ2) is 6.72. The number of nitrogens with zero attached hydrogens (tertiary/aromatic N) is 1. The lowest BCUT2D eigenvalue weighted by atomic mass is 10.7. The van der Waals surface area contributed by atoms with Gasteiger partial charge in [0.05, 0.1) is 8.39 Å². The first-order valence-electron chi connectivity index (χ1n) is 3.52. The molecule has 0 N–H and O–H groups in total. The van der Waals surface area contributed by atoms with E-state index in [9.17, 15) is 34.7 Å². The number of halogens is 8. The Kier molecular flexibility index (Phi) is 6.68. The lowest BCUT2D eigenvalue weighted by Crippen LogP contribution is -2.18. The Morgan fingerprint density at radius 2 is 1.24 bits per heavy atom. The van der Waals surface area contributed by atoms with Gasteiger partial charge in [-0.15, -0.1) is 0 Å². The van der Waals surface area contributed by atoms with Crippen LogP contribution in [0.3, 0.4) is 0 Å². The molecule has 0 unspecified atom stereocenters. The lowest BCUT2D eigenvalue weighted by Gasteiger charge is -2.12. The maximum Gasteiger partial charge on any atom is 0.666 e. The van der Waals surface area contributed by atoms with Crippen LogP contribution in [-0.2, 0) is 9.05 Å². The molecule has 0 aliphatic carbocycles. The highest BCUT2D eigenvalue weighted by Gasteiger charge is 2.35. The summed E-state index contributed by atoms with van der Waals surface area (Å²) in [5, 5.41) is 0. The molecule has 0 bridgehead atoms. The van der Waals surface area contributed by atoms with Gasteiger partial charge in [0.25, 0.3) is 0 Å². The lowest BCUT2D eigenvalue weighted by molar-refractivity contribution is -0.162. The minimum Gasteiger partial charge on any atom is -0.304 e. The maximum absolute atomic E-state index is 11.7. The fraction of sp³-hybridized carbons (Fsp3) is 1.00. The molecule has 0 radical (unpaired) electrons.